The Hall–Kier alpha value is -1.51. The van der Waals surface area contributed by atoms with E-state index in [9.17, 15) is 0 Å². The molecule has 0 fully saturated rings. The normalized spacial score (nSPS) is 11.4. The maximum atomic E-state index is 4.27. The summed E-state index contributed by atoms with van der Waals surface area (Å²) in [6.45, 7) is 6.10. The molecule has 1 N–H and O–H groups in total. The molecule has 0 bridgehead atoms. The molecule has 3 nitrogen and oxygen atoms in total. The minimum Gasteiger partial charge on any atom is -0.356 e. The highest BCUT2D eigenvalue weighted by molar-refractivity contribution is 5.79. The van der Waals surface area contributed by atoms with Gasteiger partial charge in [-0.2, -0.15) is 0 Å². The molecular weight excluding hydrogens is 210 g/mol. The minimum atomic E-state index is 0.879. The van der Waals surface area contributed by atoms with Crippen LogP contribution in [0.25, 0.3) is 0 Å². The second-order valence-corrected chi connectivity index (χ2v) is 4.32. The number of nitrogens with one attached hydrogen (secondary N) is 1. The van der Waals surface area contributed by atoms with E-state index in [2.05, 4.69) is 60.4 Å². The Balaban J connectivity index is 2.57. The Bertz CT molecular complexity index is 354. The van der Waals surface area contributed by atoms with Gasteiger partial charge in [-0.25, -0.2) is 0 Å². The van der Waals surface area contributed by atoms with Gasteiger partial charge in [0.2, 0.25) is 0 Å². The lowest BCUT2D eigenvalue weighted by Crippen LogP contribution is -2.38. The van der Waals surface area contributed by atoms with Gasteiger partial charge in [0.25, 0.3) is 0 Å². The summed E-state index contributed by atoms with van der Waals surface area (Å²) in [7, 11) is 3.88. The molecule has 1 aromatic carbocycles. The summed E-state index contributed by atoms with van der Waals surface area (Å²) in [5.41, 5.74) is 2.60. The third kappa shape index (κ3) is 4.47. The molecule has 0 spiro atoms. The van der Waals surface area contributed by atoms with Crippen molar-refractivity contribution in [1.82, 2.24) is 10.2 Å². The standard InChI is InChI=1S/C14H23N3/c1-5-10-16-14(15-3)17(4)11-13-8-6-12(2)7-9-13/h6-9H,5,10-11H2,1-4H3,(H,15,16). The second kappa shape index (κ2) is 6.94. The highest BCUT2D eigenvalue weighted by Crippen LogP contribution is 2.05. The molecule has 0 atom stereocenters. The third-order valence-corrected chi connectivity index (χ3v) is 2.65. The maximum Gasteiger partial charge on any atom is 0.193 e. The van der Waals surface area contributed by atoms with Crippen molar-refractivity contribution in [3.05, 3.63) is 35.4 Å². The molecule has 0 unspecified atom stereocenters. The van der Waals surface area contributed by atoms with E-state index < -0.39 is 0 Å². The van der Waals surface area contributed by atoms with Gasteiger partial charge in [0, 0.05) is 27.2 Å². The summed E-state index contributed by atoms with van der Waals surface area (Å²) in [6.07, 6.45) is 1.11. The lowest BCUT2D eigenvalue weighted by molar-refractivity contribution is 0.477. The quantitative estimate of drug-likeness (QED) is 0.639. The molecule has 0 radical (unpaired) electrons. The Morgan fingerprint density at radius 3 is 2.47 bits per heavy atom. The first kappa shape index (κ1) is 13.6. The molecule has 0 amide bonds. The van der Waals surface area contributed by atoms with Crippen LogP contribution < -0.4 is 5.32 Å². The third-order valence-electron chi connectivity index (χ3n) is 2.65. The minimum absolute atomic E-state index is 0.879. The molecule has 0 heterocycles. The molecule has 0 saturated heterocycles. The van der Waals surface area contributed by atoms with Gasteiger partial charge in [-0.1, -0.05) is 36.8 Å². The monoisotopic (exact) mass is 233 g/mol. The van der Waals surface area contributed by atoms with Gasteiger partial charge in [-0.15, -0.1) is 0 Å². The van der Waals surface area contributed by atoms with E-state index in [-0.39, 0.29) is 0 Å². The molecule has 0 aliphatic carbocycles. The van der Waals surface area contributed by atoms with Crippen LogP contribution in [0.4, 0.5) is 0 Å². The predicted molar refractivity (Wildman–Crippen MR) is 74.3 cm³/mol. The first-order valence-electron chi connectivity index (χ1n) is 6.14. The van der Waals surface area contributed by atoms with Crippen LogP contribution in [0.3, 0.4) is 0 Å². The van der Waals surface area contributed by atoms with Crippen LogP contribution in [0.2, 0.25) is 0 Å². The summed E-state index contributed by atoms with van der Waals surface area (Å²) in [4.78, 5) is 6.41. The largest absolute Gasteiger partial charge is 0.356 e. The van der Waals surface area contributed by atoms with Gasteiger partial charge in [-0.05, 0) is 18.9 Å². The Labute approximate surface area is 105 Å². The number of hydrogen-bond donors (Lipinski definition) is 1. The number of nitrogens with zero attached hydrogens (tertiary/aromatic N) is 2. The van der Waals surface area contributed by atoms with Crippen LogP contribution in [-0.2, 0) is 6.54 Å². The van der Waals surface area contributed by atoms with E-state index in [4.69, 9.17) is 0 Å². The molecule has 94 valence electrons. The summed E-state index contributed by atoms with van der Waals surface area (Å²) < 4.78 is 0. The fourth-order valence-corrected chi connectivity index (χ4v) is 1.66. The van der Waals surface area contributed by atoms with E-state index in [1.807, 2.05) is 7.05 Å². The van der Waals surface area contributed by atoms with E-state index in [0.717, 1.165) is 25.5 Å². The number of rotatable bonds is 4. The Morgan fingerprint density at radius 2 is 1.94 bits per heavy atom. The highest BCUT2D eigenvalue weighted by Gasteiger charge is 2.05. The van der Waals surface area contributed by atoms with Crippen LogP contribution in [0.1, 0.15) is 24.5 Å². The van der Waals surface area contributed by atoms with E-state index in [0.29, 0.717) is 0 Å². The topological polar surface area (TPSA) is 27.6 Å². The fraction of sp³-hybridized carbons (Fsp3) is 0.500. The molecule has 3 heteroatoms. The van der Waals surface area contributed by atoms with Gasteiger partial charge in [0.15, 0.2) is 5.96 Å². The van der Waals surface area contributed by atoms with E-state index in [1.165, 1.54) is 11.1 Å². The zero-order chi connectivity index (χ0) is 12.7. The summed E-state index contributed by atoms with van der Waals surface area (Å²) >= 11 is 0. The molecular formula is C14H23N3. The van der Waals surface area contributed by atoms with Crippen molar-refractivity contribution < 1.29 is 0 Å². The SMILES string of the molecule is CCCNC(=NC)N(C)Cc1ccc(C)cc1. The zero-order valence-electron chi connectivity index (χ0n) is 11.3. The van der Waals surface area contributed by atoms with Crippen molar-refractivity contribution in [3.8, 4) is 0 Å². The average Bonchev–Trinajstić information content (AvgIpc) is 2.33. The summed E-state index contributed by atoms with van der Waals surface area (Å²) in [5, 5.41) is 3.33. The van der Waals surface area contributed by atoms with E-state index in [1.54, 1.807) is 0 Å². The van der Waals surface area contributed by atoms with Gasteiger partial charge < -0.3 is 10.2 Å². The lowest BCUT2D eigenvalue weighted by atomic mass is 10.1. The van der Waals surface area contributed by atoms with Crippen molar-refractivity contribution in [2.45, 2.75) is 26.8 Å². The van der Waals surface area contributed by atoms with E-state index >= 15 is 0 Å². The summed E-state index contributed by atoms with van der Waals surface area (Å²) in [6, 6.07) is 8.62. The van der Waals surface area contributed by atoms with Crippen molar-refractivity contribution in [2.24, 2.45) is 4.99 Å². The predicted octanol–water partition coefficient (Wildman–Crippen LogP) is 2.41. The van der Waals surface area contributed by atoms with Gasteiger partial charge >= 0.3 is 0 Å². The Morgan fingerprint density at radius 1 is 1.29 bits per heavy atom. The summed E-state index contributed by atoms with van der Waals surface area (Å²) in [5.74, 6) is 0.951. The zero-order valence-corrected chi connectivity index (χ0v) is 11.3. The van der Waals surface area contributed by atoms with Gasteiger partial charge in [0.05, 0.1) is 0 Å². The molecule has 1 rings (SSSR count). The van der Waals surface area contributed by atoms with Crippen molar-refractivity contribution in [1.29, 1.82) is 0 Å². The van der Waals surface area contributed by atoms with Gasteiger partial charge in [-0.3, -0.25) is 4.99 Å². The number of aliphatic imine (C=N–C) groups is 1. The average molecular weight is 233 g/mol. The molecule has 1 aromatic rings. The molecule has 0 aromatic heterocycles. The number of hydrogen-bond acceptors (Lipinski definition) is 1. The van der Waals surface area contributed by atoms with Crippen molar-refractivity contribution >= 4 is 5.96 Å². The molecule has 0 saturated carbocycles. The highest BCUT2D eigenvalue weighted by atomic mass is 15.3. The van der Waals surface area contributed by atoms with Crippen LogP contribution in [0.5, 0.6) is 0 Å². The van der Waals surface area contributed by atoms with Crippen LogP contribution >= 0.6 is 0 Å². The maximum absolute atomic E-state index is 4.27. The lowest BCUT2D eigenvalue weighted by Gasteiger charge is -2.22. The number of benzene rings is 1. The number of guanidine groups is 1. The van der Waals surface area contributed by atoms with Crippen molar-refractivity contribution in [2.75, 3.05) is 20.6 Å². The van der Waals surface area contributed by atoms with Gasteiger partial charge in [0.1, 0.15) is 0 Å². The second-order valence-electron chi connectivity index (χ2n) is 4.32. The van der Waals surface area contributed by atoms with Crippen LogP contribution in [-0.4, -0.2) is 31.5 Å². The van der Waals surface area contributed by atoms with Crippen LogP contribution in [0.15, 0.2) is 29.3 Å². The molecule has 0 aliphatic heterocycles. The fourth-order valence-electron chi connectivity index (χ4n) is 1.66. The van der Waals surface area contributed by atoms with Crippen LogP contribution in [0, 0.1) is 6.92 Å². The Kier molecular flexibility index (Phi) is 5.53. The first-order chi connectivity index (χ1) is 8.17. The van der Waals surface area contributed by atoms with Crippen molar-refractivity contribution in [3.63, 3.8) is 0 Å². The first-order valence-corrected chi connectivity index (χ1v) is 6.14. The smallest absolute Gasteiger partial charge is 0.193 e. The molecule has 0 aliphatic rings. The number of aryl methyl sites for hydroxylation is 1. The molecule has 17 heavy (non-hydrogen) atoms.